The Morgan fingerprint density at radius 2 is 1.93 bits per heavy atom. The van der Waals surface area contributed by atoms with E-state index in [1.807, 2.05) is 0 Å². The van der Waals surface area contributed by atoms with E-state index < -0.39 is 5.97 Å². The first-order valence-electron chi connectivity index (χ1n) is 8.58. The molecule has 2 heterocycles. The third-order valence-corrected chi connectivity index (χ3v) is 4.63. The lowest BCUT2D eigenvalue weighted by Gasteiger charge is -2.27. The number of nitrogens with one attached hydrogen (secondary N) is 1. The molecule has 1 aromatic heterocycles. The van der Waals surface area contributed by atoms with Crippen LogP contribution in [0.15, 0.2) is 30.6 Å². The summed E-state index contributed by atoms with van der Waals surface area (Å²) in [6, 6.07) is 4.75. The third-order valence-electron chi connectivity index (χ3n) is 4.31. The van der Waals surface area contributed by atoms with Gasteiger partial charge in [-0.1, -0.05) is 11.6 Å². The molecule has 3 rings (SSSR count). The number of aromatic nitrogens is 2. The number of hydrogen-bond acceptors (Lipinski definition) is 4. The second-order valence-electron chi connectivity index (χ2n) is 6.33. The van der Waals surface area contributed by atoms with Gasteiger partial charge in [-0.15, -0.1) is 0 Å². The molecule has 1 aliphatic rings. The average Bonchev–Trinajstić information content (AvgIpc) is 3.10. The molecule has 0 unspecified atom stereocenters. The Hall–Kier alpha value is -2.87. The molecule has 2 aromatic rings. The van der Waals surface area contributed by atoms with Gasteiger partial charge in [-0.2, -0.15) is 5.10 Å². The standard InChI is InChI=1S/C18H19ClN4O4/c19-15-8-13(4-5-14(15)17(25)22-6-2-1-3-7-22)21-16(24)11-23-10-12(9-20-23)18(26)27/h4-5,8-10H,1-3,6-7,11H2,(H,21,24)(H,26,27). The maximum atomic E-state index is 12.5. The first-order valence-corrected chi connectivity index (χ1v) is 8.96. The normalized spacial score (nSPS) is 14.0. The van der Waals surface area contributed by atoms with Gasteiger partial charge in [0, 0.05) is 25.0 Å². The van der Waals surface area contributed by atoms with Crippen LogP contribution < -0.4 is 5.32 Å². The lowest BCUT2D eigenvalue weighted by Crippen LogP contribution is -2.35. The van der Waals surface area contributed by atoms with Crippen LogP contribution in [0, 0.1) is 0 Å². The number of halogens is 1. The lowest BCUT2D eigenvalue weighted by molar-refractivity contribution is -0.116. The minimum Gasteiger partial charge on any atom is -0.478 e. The SMILES string of the molecule is O=C(Cn1cc(C(=O)O)cn1)Nc1ccc(C(=O)N2CCCCC2)c(Cl)c1. The summed E-state index contributed by atoms with van der Waals surface area (Å²) in [6.07, 6.45) is 5.57. The number of carbonyl (C=O) groups excluding carboxylic acids is 2. The van der Waals surface area contributed by atoms with Gasteiger partial charge in [0.2, 0.25) is 5.91 Å². The summed E-state index contributed by atoms with van der Waals surface area (Å²) in [4.78, 5) is 37.3. The largest absolute Gasteiger partial charge is 0.478 e. The number of amides is 2. The molecular formula is C18H19ClN4O4. The molecule has 0 bridgehead atoms. The Morgan fingerprint density at radius 1 is 1.19 bits per heavy atom. The zero-order chi connectivity index (χ0) is 19.4. The van der Waals surface area contributed by atoms with Crippen LogP contribution in [0.1, 0.15) is 40.0 Å². The first kappa shape index (κ1) is 18.9. The highest BCUT2D eigenvalue weighted by Gasteiger charge is 2.20. The van der Waals surface area contributed by atoms with E-state index in [0.717, 1.165) is 32.4 Å². The average molecular weight is 391 g/mol. The summed E-state index contributed by atoms with van der Waals surface area (Å²) in [7, 11) is 0. The highest BCUT2D eigenvalue weighted by molar-refractivity contribution is 6.34. The van der Waals surface area contributed by atoms with E-state index in [4.69, 9.17) is 16.7 Å². The Labute approximate surface area is 160 Å². The van der Waals surface area contributed by atoms with E-state index in [0.29, 0.717) is 11.3 Å². The Morgan fingerprint density at radius 3 is 2.56 bits per heavy atom. The lowest BCUT2D eigenvalue weighted by atomic mass is 10.1. The van der Waals surface area contributed by atoms with Crippen molar-refractivity contribution in [2.45, 2.75) is 25.8 Å². The second-order valence-corrected chi connectivity index (χ2v) is 6.73. The summed E-state index contributed by atoms with van der Waals surface area (Å²) in [5.74, 6) is -1.60. The molecule has 142 valence electrons. The van der Waals surface area contributed by atoms with E-state index in [1.54, 1.807) is 17.0 Å². The molecule has 0 radical (unpaired) electrons. The number of aromatic carboxylic acids is 1. The molecular weight excluding hydrogens is 372 g/mol. The second kappa shape index (κ2) is 8.22. The van der Waals surface area contributed by atoms with E-state index >= 15 is 0 Å². The van der Waals surface area contributed by atoms with E-state index in [2.05, 4.69) is 10.4 Å². The van der Waals surface area contributed by atoms with Crippen LogP contribution in [0.2, 0.25) is 5.02 Å². The van der Waals surface area contributed by atoms with Crippen LogP contribution in [0.3, 0.4) is 0 Å². The van der Waals surface area contributed by atoms with E-state index in [9.17, 15) is 14.4 Å². The fraction of sp³-hybridized carbons (Fsp3) is 0.333. The fourth-order valence-corrected chi connectivity index (χ4v) is 3.20. The maximum Gasteiger partial charge on any atom is 0.338 e. The number of rotatable bonds is 5. The highest BCUT2D eigenvalue weighted by Crippen LogP contribution is 2.24. The van der Waals surface area contributed by atoms with Gasteiger partial charge in [-0.3, -0.25) is 14.3 Å². The molecule has 0 atom stereocenters. The molecule has 2 amide bonds. The zero-order valence-electron chi connectivity index (χ0n) is 14.5. The van der Waals surface area contributed by atoms with E-state index in [-0.39, 0.29) is 28.9 Å². The number of carboxylic acids is 1. The molecule has 0 aliphatic carbocycles. The van der Waals surface area contributed by atoms with Gasteiger partial charge in [0.1, 0.15) is 6.54 Å². The quantitative estimate of drug-likeness (QED) is 0.816. The molecule has 1 aromatic carbocycles. The molecule has 9 heteroatoms. The van der Waals surface area contributed by atoms with Gasteiger partial charge in [0.15, 0.2) is 0 Å². The van der Waals surface area contributed by atoms with Crippen molar-refractivity contribution in [3.63, 3.8) is 0 Å². The number of anilines is 1. The van der Waals surface area contributed by atoms with Crippen molar-refractivity contribution < 1.29 is 19.5 Å². The van der Waals surface area contributed by atoms with Gasteiger partial charge in [0.05, 0.1) is 22.3 Å². The molecule has 0 spiro atoms. The Balaban J connectivity index is 1.63. The summed E-state index contributed by atoms with van der Waals surface area (Å²) in [6.45, 7) is 1.32. The number of piperidine rings is 1. The number of benzene rings is 1. The topological polar surface area (TPSA) is 105 Å². The molecule has 1 saturated heterocycles. The van der Waals surface area contributed by atoms with Crippen molar-refractivity contribution in [3.8, 4) is 0 Å². The minimum atomic E-state index is -1.11. The van der Waals surface area contributed by atoms with Crippen LogP contribution >= 0.6 is 11.6 Å². The zero-order valence-corrected chi connectivity index (χ0v) is 15.3. The predicted octanol–water partition coefficient (Wildman–Crippen LogP) is 2.50. The molecule has 1 aliphatic heterocycles. The van der Waals surface area contributed by atoms with Crippen molar-refractivity contribution in [2.24, 2.45) is 0 Å². The summed E-state index contributed by atoms with van der Waals surface area (Å²) >= 11 is 6.24. The summed E-state index contributed by atoms with van der Waals surface area (Å²) < 4.78 is 1.23. The number of carbonyl (C=O) groups is 3. The summed E-state index contributed by atoms with van der Waals surface area (Å²) in [5, 5.41) is 15.6. The minimum absolute atomic E-state index is 0.00595. The molecule has 27 heavy (non-hydrogen) atoms. The van der Waals surface area contributed by atoms with Crippen molar-refractivity contribution in [1.29, 1.82) is 0 Å². The van der Waals surface area contributed by atoms with Gasteiger partial charge < -0.3 is 15.3 Å². The molecule has 0 saturated carbocycles. The van der Waals surface area contributed by atoms with Gasteiger partial charge in [0.25, 0.3) is 5.91 Å². The van der Waals surface area contributed by atoms with Crippen molar-refractivity contribution in [1.82, 2.24) is 14.7 Å². The fourth-order valence-electron chi connectivity index (χ4n) is 2.94. The van der Waals surface area contributed by atoms with E-state index in [1.165, 1.54) is 23.1 Å². The van der Waals surface area contributed by atoms with Gasteiger partial charge in [-0.05, 0) is 37.5 Å². The van der Waals surface area contributed by atoms with Crippen molar-refractivity contribution >= 4 is 35.1 Å². The van der Waals surface area contributed by atoms with Crippen LogP contribution in [0.25, 0.3) is 0 Å². The first-order chi connectivity index (χ1) is 12.9. The summed E-state index contributed by atoms with van der Waals surface area (Å²) in [5.41, 5.74) is 0.868. The Kier molecular flexibility index (Phi) is 5.75. The smallest absolute Gasteiger partial charge is 0.338 e. The molecule has 1 fully saturated rings. The third kappa shape index (κ3) is 4.65. The van der Waals surface area contributed by atoms with Gasteiger partial charge >= 0.3 is 5.97 Å². The van der Waals surface area contributed by atoms with Gasteiger partial charge in [-0.25, -0.2) is 4.79 Å². The number of likely N-dealkylation sites (tertiary alicyclic amines) is 1. The number of carboxylic acid groups (broad SMARTS) is 1. The van der Waals surface area contributed by atoms with Crippen LogP contribution in [-0.4, -0.2) is 50.7 Å². The van der Waals surface area contributed by atoms with Crippen molar-refractivity contribution in [3.05, 3.63) is 46.7 Å². The highest BCUT2D eigenvalue weighted by atomic mass is 35.5. The monoisotopic (exact) mass is 390 g/mol. The predicted molar refractivity (Wildman–Crippen MR) is 99.0 cm³/mol. The number of nitrogens with zero attached hydrogens (tertiary/aromatic N) is 3. The number of hydrogen-bond donors (Lipinski definition) is 2. The molecule has 2 N–H and O–H groups in total. The molecule has 8 nitrogen and oxygen atoms in total. The van der Waals surface area contributed by atoms with Crippen LogP contribution in [0.5, 0.6) is 0 Å². The van der Waals surface area contributed by atoms with Crippen molar-refractivity contribution in [2.75, 3.05) is 18.4 Å². The van der Waals surface area contributed by atoms with Crippen LogP contribution in [0.4, 0.5) is 5.69 Å². The van der Waals surface area contributed by atoms with Crippen LogP contribution in [-0.2, 0) is 11.3 Å². The maximum absolute atomic E-state index is 12.5. The Bertz CT molecular complexity index is 874.